The van der Waals surface area contributed by atoms with Gasteiger partial charge in [0.25, 0.3) is 0 Å². The smallest absolute Gasteiger partial charge is 0.338 e. The zero-order valence-electron chi connectivity index (χ0n) is 9.14. The maximum Gasteiger partial charge on any atom is 0.338 e. The molecule has 0 saturated carbocycles. The quantitative estimate of drug-likeness (QED) is 0.863. The number of thiophene rings is 1. The van der Waals surface area contributed by atoms with E-state index in [-0.39, 0.29) is 17.4 Å². The predicted molar refractivity (Wildman–Crippen MR) is 63.5 cm³/mol. The summed E-state index contributed by atoms with van der Waals surface area (Å²) in [5.41, 5.74) is 0.139. The van der Waals surface area contributed by atoms with Gasteiger partial charge in [0.05, 0.1) is 18.1 Å². The van der Waals surface area contributed by atoms with E-state index in [0.29, 0.717) is 18.2 Å². The van der Waals surface area contributed by atoms with Crippen molar-refractivity contribution in [2.75, 3.05) is 18.5 Å². The third-order valence-electron chi connectivity index (χ3n) is 2.66. The highest BCUT2D eigenvalue weighted by Gasteiger charge is 2.23. The summed E-state index contributed by atoms with van der Waals surface area (Å²) in [6, 6.07) is 1.49. The second kappa shape index (κ2) is 5.29. The lowest BCUT2D eigenvalue weighted by Crippen LogP contribution is -2.30. The Hall–Kier alpha value is -1.40. The third kappa shape index (κ3) is 2.83. The Bertz CT molecular complexity index is 423. The Morgan fingerprint density at radius 1 is 1.53 bits per heavy atom. The zero-order chi connectivity index (χ0) is 12.3. The van der Waals surface area contributed by atoms with Crippen LogP contribution in [0.4, 0.5) is 5.00 Å². The average molecular weight is 255 g/mol. The van der Waals surface area contributed by atoms with Crippen LogP contribution in [0.2, 0.25) is 0 Å². The molecule has 1 unspecified atom stereocenters. The van der Waals surface area contributed by atoms with E-state index in [2.05, 4.69) is 5.32 Å². The molecule has 1 atom stereocenters. The summed E-state index contributed by atoms with van der Waals surface area (Å²) in [5, 5.41) is 13.6. The molecule has 0 spiro atoms. The first-order valence-electron chi connectivity index (χ1n) is 5.38. The highest BCUT2D eigenvalue weighted by atomic mass is 32.1. The number of anilines is 1. The van der Waals surface area contributed by atoms with E-state index in [1.54, 1.807) is 5.38 Å². The average Bonchev–Trinajstić information content (AvgIpc) is 2.78. The lowest BCUT2D eigenvalue weighted by molar-refractivity contribution is -0.123. The Kier molecular flexibility index (Phi) is 3.75. The highest BCUT2D eigenvalue weighted by molar-refractivity contribution is 7.14. The van der Waals surface area contributed by atoms with Crippen molar-refractivity contribution >= 4 is 28.2 Å². The minimum Gasteiger partial charge on any atom is -0.478 e. The molecule has 2 heterocycles. The molecule has 1 fully saturated rings. The fourth-order valence-corrected chi connectivity index (χ4v) is 2.52. The van der Waals surface area contributed by atoms with Crippen LogP contribution >= 0.6 is 11.3 Å². The van der Waals surface area contributed by atoms with Gasteiger partial charge in [0.15, 0.2) is 0 Å². The first-order valence-corrected chi connectivity index (χ1v) is 6.26. The number of carbonyl (C=O) groups excluding carboxylic acids is 1. The SMILES string of the molecule is O=C(O)c1ccsc1NC(=O)C1CCCOC1. The van der Waals surface area contributed by atoms with Crippen LogP contribution in [0.15, 0.2) is 11.4 Å². The van der Waals surface area contributed by atoms with Crippen LogP contribution in [0.3, 0.4) is 0 Å². The molecule has 2 N–H and O–H groups in total. The van der Waals surface area contributed by atoms with Gasteiger partial charge < -0.3 is 15.2 Å². The molecule has 1 amide bonds. The molecule has 2 rings (SSSR count). The Morgan fingerprint density at radius 3 is 3.00 bits per heavy atom. The van der Waals surface area contributed by atoms with Crippen molar-refractivity contribution in [2.24, 2.45) is 5.92 Å². The summed E-state index contributed by atoms with van der Waals surface area (Å²) in [7, 11) is 0. The lowest BCUT2D eigenvalue weighted by Gasteiger charge is -2.20. The number of carboxylic acids is 1. The number of carboxylic acid groups (broad SMARTS) is 1. The molecule has 1 aromatic heterocycles. The first kappa shape index (κ1) is 12.1. The van der Waals surface area contributed by atoms with Gasteiger partial charge in [-0.05, 0) is 24.3 Å². The maximum absolute atomic E-state index is 11.9. The van der Waals surface area contributed by atoms with Crippen LogP contribution in [0.1, 0.15) is 23.2 Å². The molecule has 1 aromatic rings. The van der Waals surface area contributed by atoms with E-state index in [9.17, 15) is 9.59 Å². The molecular formula is C11H13NO4S. The number of rotatable bonds is 3. The van der Waals surface area contributed by atoms with Gasteiger partial charge in [-0.3, -0.25) is 4.79 Å². The topological polar surface area (TPSA) is 75.6 Å². The molecule has 1 aliphatic heterocycles. The number of ether oxygens (including phenoxy) is 1. The normalized spacial score (nSPS) is 19.9. The molecule has 17 heavy (non-hydrogen) atoms. The van der Waals surface area contributed by atoms with E-state index in [0.717, 1.165) is 12.8 Å². The van der Waals surface area contributed by atoms with E-state index >= 15 is 0 Å². The summed E-state index contributed by atoms with van der Waals surface area (Å²) in [5.74, 6) is -1.36. The van der Waals surface area contributed by atoms with Crippen LogP contribution < -0.4 is 5.32 Å². The van der Waals surface area contributed by atoms with Crippen molar-refractivity contribution in [1.29, 1.82) is 0 Å². The van der Waals surface area contributed by atoms with Crippen molar-refractivity contribution in [3.05, 3.63) is 17.0 Å². The molecular weight excluding hydrogens is 242 g/mol. The van der Waals surface area contributed by atoms with Crippen molar-refractivity contribution < 1.29 is 19.4 Å². The third-order valence-corrected chi connectivity index (χ3v) is 3.49. The van der Waals surface area contributed by atoms with Crippen LogP contribution in [0.5, 0.6) is 0 Å². The van der Waals surface area contributed by atoms with E-state index in [4.69, 9.17) is 9.84 Å². The molecule has 0 radical (unpaired) electrons. The van der Waals surface area contributed by atoms with Crippen LogP contribution in [0.25, 0.3) is 0 Å². The first-order chi connectivity index (χ1) is 8.18. The molecule has 1 aliphatic rings. The van der Waals surface area contributed by atoms with E-state index in [1.165, 1.54) is 17.4 Å². The van der Waals surface area contributed by atoms with Gasteiger partial charge in [-0.2, -0.15) is 0 Å². The molecule has 0 aromatic carbocycles. The summed E-state index contributed by atoms with van der Waals surface area (Å²) in [6.07, 6.45) is 1.66. The number of amides is 1. The van der Waals surface area contributed by atoms with Gasteiger partial charge in [-0.1, -0.05) is 0 Å². The monoisotopic (exact) mass is 255 g/mol. The molecule has 1 saturated heterocycles. The Morgan fingerprint density at radius 2 is 2.35 bits per heavy atom. The predicted octanol–water partition coefficient (Wildman–Crippen LogP) is 1.81. The lowest BCUT2D eigenvalue weighted by atomic mass is 10.0. The van der Waals surface area contributed by atoms with Crippen molar-refractivity contribution in [3.8, 4) is 0 Å². The second-order valence-electron chi connectivity index (χ2n) is 3.87. The van der Waals surface area contributed by atoms with Crippen molar-refractivity contribution in [1.82, 2.24) is 0 Å². The second-order valence-corrected chi connectivity index (χ2v) is 4.79. The molecule has 0 aliphatic carbocycles. The Balaban J connectivity index is 2.02. The van der Waals surface area contributed by atoms with Gasteiger partial charge in [0.2, 0.25) is 5.91 Å². The van der Waals surface area contributed by atoms with Crippen LogP contribution in [-0.2, 0) is 9.53 Å². The molecule has 5 nitrogen and oxygen atoms in total. The van der Waals surface area contributed by atoms with Gasteiger partial charge >= 0.3 is 5.97 Å². The summed E-state index contributed by atoms with van der Waals surface area (Å²) in [6.45, 7) is 1.11. The van der Waals surface area contributed by atoms with E-state index in [1.807, 2.05) is 0 Å². The van der Waals surface area contributed by atoms with Crippen LogP contribution in [0, 0.1) is 5.92 Å². The largest absolute Gasteiger partial charge is 0.478 e. The minimum atomic E-state index is -1.03. The minimum absolute atomic E-state index is 0.139. The van der Waals surface area contributed by atoms with Gasteiger partial charge in [0.1, 0.15) is 5.00 Å². The number of carbonyl (C=O) groups is 2. The number of hydrogen-bond donors (Lipinski definition) is 2. The summed E-state index contributed by atoms with van der Waals surface area (Å²) >= 11 is 1.22. The van der Waals surface area contributed by atoms with Crippen molar-refractivity contribution in [2.45, 2.75) is 12.8 Å². The molecule has 92 valence electrons. The van der Waals surface area contributed by atoms with Gasteiger partial charge in [-0.25, -0.2) is 4.79 Å². The maximum atomic E-state index is 11.9. The number of hydrogen-bond acceptors (Lipinski definition) is 4. The number of aromatic carboxylic acids is 1. The van der Waals surface area contributed by atoms with Gasteiger partial charge in [-0.15, -0.1) is 11.3 Å². The Labute approximate surface area is 102 Å². The van der Waals surface area contributed by atoms with Gasteiger partial charge in [0, 0.05) is 6.61 Å². The number of nitrogens with one attached hydrogen (secondary N) is 1. The van der Waals surface area contributed by atoms with E-state index < -0.39 is 5.97 Å². The van der Waals surface area contributed by atoms with Crippen LogP contribution in [-0.4, -0.2) is 30.2 Å². The van der Waals surface area contributed by atoms with Crippen molar-refractivity contribution in [3.63, 3.8) is 0 Å². The fourth-order valence-electron chi connectivity index (χ4n) is 1.74. The summed E-state index contributed by atoms with van der Waals surface area (Å²) in [4.78, 5) is 22.7. The summed E-state index contributed by atoms with van der Waals surface area (Å²) < 4.78 is 5.23. The highest BCUT2D eigenvalue weighted by Crippen LogP contribution is 2.25. The zero-order valence-corrected chi connectivity index (χ0v) is 9.96. The standard InChI is InChI=1S/C11H13NO4S/c13-9(7-2-1-4-16-6-7)12-10-8(11(14)15)3-5-17-10/h3,5,7H,1-2,4,6H2,(H,12,13)(H,14,15). The fraction of sp³-hybridized carbons (Fsp3) is 0.455. The molecule has 0 bridgehead atoms. The molecule has 6 heteroatoms.